The summed E-state index contributed by atoms with van der Waals surface area (Å²) in [5, 5.41) is 7.12. The van der Waals surface area contributed by atoms with Gasteiger partial charge in [0.05, 0.1) is 38.2 Å². The number of aliphatic carboxylic acids is 1. The fraction of sp³-hybridized carbons (Fsp3) is 0.474. The Bertz CT molecular complexity index is 861. The molecule has 0 aliphatic carbocycles. The smallest absolute Gasteiger partial charge is 0.475 e. The number of nitrogens with zero attached hydrogens (tertiary/aromatic N) is 4. The van der Waals surface area contributed by atoms with Crippen LogP contribution in [0.3, 0.4) is 0 Å². The van der Waals surface area contributed by atoms with E-state index < -0.39 is 18.0 Å². The summed E-state index contributed by atoms with van der Waals surface area (Å²) in [7, 11) is 0. The van der Waals surface area contributed by atoms with Gasteiger partial charge in [0.15, 0.2) is 5.82 Å². The summed E-state index contributed by atoms with van der Waals surface area (Å²) in [6.45, 7) is 2.69. The summed E-state index contributed by atoms with van der Waals surface area (Å²) in [6.07, 6.45) is 2.80. The largest absolute Gasteiger partial charge is 0.490 e. The minimum absolute atomic E-state index is 0.176. The predicted octanol–water partition coefficient (Wildman–Crippen LogP) is 2.60. The zero-order valence-electron chi connectivity index (χ0n) is 16.3. The van der Waals surface area contributed by atoms with E-state index in [-0.39, 0.29) is 11.7 Å². The van der Waals surface area contributed by atoms with E-state index in [2.05, 4.69) is 15.0 Å². The molecule has 4 rings (SSSR count). The van der Waals surface area contributed by atoms with Crippen molar-refractivity contribution in [2.45, 2.75) is 37.3 Å². The number of hydrogen-bond donors (Lipinski definition) is 1. The van der Waals surface area contributed by atoms with Crippen LogP contribution in [0, 0.1) is 5.82 Å². The number of carbonyl (C=O) groups is 1. The molecule has 2 fully saturated rings. The molecule has 1 spiro atoms. The van der Waals surface area contributed by atoms with Crippen molar-refractivity contribution in [3.05, 3.63) is 48.3 Å². The van der Waals surface area contributed by atoms with Gasteiger partial charge in [-0.15, -0.1) is 0 Å². The number of pyridine rings is 1. The Labute approximate surface area is 174 Å². The fourth-order valence-corrected chi connectivity index (χ4v) is 3.30. The molecule has 1 atom stereocenters. The third kappa shape index (κ3) is 6.31. The molecule has 168 valence electrons. The van der Waals surface area contributed by atoms with Gasteiger partial charge in [-0.25, -0.2) is 19.2 Å². The Morgan fingerprint density at radius 3 is 2.55 bits per heavy atom. The minimum atomic E-state index is -5.08. The first-order valence-electron chi connectivity index (χ1n) is 9.34. The average Bonchev–Trinajstić information content (AvgIpc) is 2.72. The molecule has 12 heteroatoms. The first kappa shape index (κ1) is 22.8. The normalized spacial score (nSPS) is 19.9. The van der Waals surface area contributed by atoms with Gasteiger partial charge in [0.25, 0.3) is 0 Å². The first-order valence-corrected chi connectivity index (χ1v) is 9.34. The van der Waals surface area contributed by atoms with Crippen molar-refractivity contribution < 1.29 is 36.9 Å². The molecule has 2 saturated heterocycles. The molecule has 2 aromatic rings. The third-order valence-electron chi connectivity index (χ3n) is 4.75. The van der Waals surface area contributed by atoms with Crippen molar-refractivity contribution in [1.29, 1.82) is 0 Å². The van der Waals surface area contributed by atoms with Crippen molar-refractivity contribution in [3.63, 3.8) is 0 Å². The van der Waals surface area contributed by atoms with E-state index >= 15 is 0 Å². The van der Waals surface area contributed by atoms with E-state index in [1.54, 1.807) is 6.20 Å². The van der Waals surface area contributed by atoms with Crippen LogP contribution < -0.4 is 4.90 Å². The molecule has 0 aromatic carbocycles. The maximum atomic E-state index is 12.9. The van der Waals surface area contributed by atoms with Gasteiger partial charge in [-0.05, 0) is 18.1 Å². The molecule has 2 aliphatic rings. The zero-order chi connectivity index (χ0) is 22.5. The Balaban J connectivity index is 0.000000339. The number of anilines is 1. The Hall–Kier alpha value is -2.86. The first-order chi connectivity index (χ1) is 14.7. The van der Waals surface area contributed by atoms with Crippen LogP contribution in [0.1, 0.15) is 18.4 Å². The Morgan fingerprint density at radius 1 is 1.29 bits per heavy atom. The monoisotopic (exact) mass is 444 g/mol. The van der Waals surface area contributed by atoms with E-state index in [0.717, 1.165) is 18.4 Å². The van der Waals surface area contributed by atoms with Crippen molar-refractivity contribution >= 4 is 11.9 Å². The number of rotatable bonds is 4. The van der Waals surface area contributed by atoms with E-state index in [1.165, 1.54) is 12.4 Å². The quantitative estimate of drug-likeness (QED) is 0.719. The summed E-state index contributed by atoms with van der Waals surface area (Å²) in [4.78, 5) is 23.0. The number of ether oxygens (including phenoxy) is 2. The van der Waals surface area contributed by atoms with Crippen LogP contribution in [0.5, 0.6) is 0 Å². The van der Waals surface area contributed by atoms with Crippen LogP contribution in [0.15, 0.2) is 36.9 Å². The summed E-state index contributed by atoms with van der Waals surface area (Å²) >= 11 is 0. The molecule has 2 aliphatic heterocycles. The molecule has 4 heterocycles. The van der Waals surface area contributed by atoms with Gasteiger partial charge in [-0.2, -0.15) is 13.2 Å². The van der Waals surface area contributed by atoms with Gasteiger partial charge in [0.2, 0.25) is 5.95 Å². The molecule has 0 radical (unpaired) electrons. The summed E-state index contributed by atoms with van der Waals surface area (Å²) in [6, 6.07) is 3.93. The number of hydrogen-bond acceptors (Lipinski definition) is 7. The lowest BCUT2D eigenvalue weighted by Gasteiger charge is -2.52. The lowest BCUT2D eigenvalue weighted by molar-refractivity contribution is -0.192. The zero-order valence-corrected chi connectivity index (χ0v) is 16.3. The highest BCUT2D eigenvalue weighted by Gasteiger charge is 2.48. The van der Waals surface area contributed by atoms with Crippen LogP contribution in [-0.2, 0) is 20.9 Å². The standard InChI is InChI=1S/C17H19FN4O2.C2HF3O2/c18-14-8-20-16(21-9-14)22-11-17(12-22)6-15(3-5-24-17)23-10-13-2-1-4-19-7-13;3-2(4,5)1(6)7/h1-2,4,7-9,15H,3,5-6,10-12H2;(H,6,7). The van der Waals surface area contributed by atoms with E-state index in [9.17, 15) is 17.6 Å². The minimum Gasteiger partial charge on any atom is -0.475 e. The molecule has 0 bridgehead atoms. The number of carboxylic acid groups (broad SMARTS) is 1. The maximum Gasteiger partial charge on any atom is 0.490 e. The van der Waals surface area contributed by atoms with E-state index in [4.69, 9.17) is 19.4 Å². The second kappa shape index (κ2) is 9.52. The topological polar surface area (TPSA) is 97.7 Å². The lowest BCUT2D eigenvalue weighted by atomic mass is 9.85. The Kier molecular flexibility index (Phi) is 7.01. The second-order valence-corrected chi connectivity index (χ2v) is 7.18. The molecule has 2 aromatic heterocycles. The van der Waals surface area contributed by atoms with Crippen molar-refractivity contribution in [1.82, 2.24) is 15.0 Å². The highest BCUT2D eigenvalue weighted by Crippen LogP contribution is 2.36. The fourth-order valence-electron chi connectivity index (χ4n) is 3.30. The third-order valence-corrected chi connectivity index (χ3v) is 4.75. The van der Waals surface area contributed by atoms with Crippen LogP contribution in [-0.4, -0.2) is 63.6 Å². The van der Waals surface area contributed by atoms with Crippen LogP contribution in [0.2, 0.25) is 0 Å². The Morgan fingerprint density at radius 2 is 1.97 bits per heavy atom. The molecule has 0 saturated carbocycles. The van der Waals surface area contributed by atoms with Crippen molar-refractivity contribution in [2.75, 3.05) is 24.6 Å². The van der Waals surface area contributed by atoms with Crippen LogP contribution >= 0.6 is 0 Å². The van der Waals surface area contributed by atoms with E-state index in [1.807, 2.05) is 23.2 Å². The number of aromatic nitrogens is 3. The van der Waals surface area contributed by atoms with Gasteiger partial charge in [0.1, 0.15) is 5.60 Å². The predicted molar refractivity (Wildman–Crippen MR) is 98.6 cm³/mol. The van der Waals surface area contributed by atoms with Crippen molar-refractivity contribution in [2.24, 2.45) is 0 Å². The van der Waals surface area contributed by atoms with Gasteiger partial charge < -0.3 is 19.5 Å². The van der Waals surface area contributed by atoms with Gasteiger partial charge >= 0.3 is 12.1 Å². The van der Waals surface area contributed by atoms with Gasteiger partial charge in [-0.1, -0.05) is 6.07 Å². The molecular weight excluding hydrogens is 424 g/mol. The van der Waals surface area contributed by atoms with Crippen LogP contribution in [0.4, 0.5) is 23.5 Å². The maximum absolute atomic E-state index is 12.9. The number of carboxylic acids is 1. The molecule has 8 nitrogen and oxygen atoms in total. The summed E-state index contributed by atoms with van der Waals surface area (Å²) in [5.74, 6) is -2.64. The molecule has 0 amide bonds. The highest BCUT2D eigenvalue weighted by molar-refractivity contribution is 5.73. The lowest BCUT2D eigenvalue weighted by Crippen LogP contribution is -2.66. The summed E-state index contributed by atoms with van der Waals surface area (Å²) in [5.41, 5.74) is 0.878. The van der Waals surface area contributed by atoms with Crippen molar-refractivity contribution in [3.8, 4) is 0 Å². The second-order valence-electron chi connectivity index (χ2n) is 7.18. The molecule has 1 unspecified atom stereocenters. The average molecular weight is 444 g/mol. The number of alkyl halides is 3. The molecular formula is C19H20F4N4O4. The van der Waals surface area contributed by atoms with E-state index in [0.29, 0.717) is 32.3 Å². The van der Waals surface area contributed by atoms with Gasteiger partial charge in [0, 0.05) is 25.4 Å². The van der Waals surface area contributed by atoms with Crippen LogP contribution in [0.25, 0.3) is 0 Å². The highest BCUT2D eigenvalue weighted by atomic mass is 19.4. The molecule has 1 N–H and O–H groups in total. The molecule has 31 heavy (non-hydrogen) atoms. The van der Waals surface area contributed by atoms with Gasteiger partial charge in [-0.3, -0.25) is 4.98 Å². The number of halogens is 4. The SMILES string of the molecule is Fc1cnc(N2CC3(CC(OCc4cccnc4)CCO3)C2)nc1.O=C(O)C(F)(F)F. The summed E-state index contributed by atoms with van der Waals surface area (Å²) < 4.78 is 56.7.